The molecule has 0 spiro atoms. The van der Waals surface area contributed by atoms with Crippen molar-refractivity contribution in [3.63, 3.8) is 0 Å². The molecule has 0 saturated carbocycles. The van der Waals surface area contributed by atoms with Gasteiger partial charge in [-0.15, -0.1) is 5.10 Å². The lowest BCUT2D eigenvalue weighted by Crippen LogP contribution is -2.15. The van der Waals surface area contributed by atoms with Gasteiger partial charge in [-0.2, -0.15) is 0 Å². The van der Waals surface area contributed by atoms with Crippen molar-refractivity contribution in [1.82, 2.24) is 15.0 Å². The highest BCUT2D eigenvalue weighted by Crippen LogP contribution is 2.26. The Hall–Kier alpha value is -1.40. The molecule has 2 aromatic rings. The van der Waals surface area contributed by atoms with Crippen LogP contribution in [0.1, 0.15) is 25.1 Å². The van der Waals surface area contributed by atoms with Gasteiger partial charge in [0.1, 0.15) is 17.0 Å². The minimum absolute atomic E-state index is 0.556. The summed E-state index contributed by atoms with van der Waals surface area (Å²) < 4.78 is 7.78. The molecule has 0 aliphatic carbocycles. The maximum absolute atomic E-state index is 9.84. The smallest absolute Gasteiger partial charge is 0.133 e. The van der Waals surface area contributed by atoms with E-state index < -0.39 is 5.60 Å². The van der Waals surface area contributed by atoms with Crippen LogP contribution >= 0.6 is 15.9 Å². The lowest BCUT2D eigenvalue weighted by molar-refractivity contribution is 0.0737. The molecular formula is C13H16BrN3O2. The second kappa shape index (κ2) is 5.30. The molecule has 1 N–H and O–H groups in total. The van der Waals surface area contributed by atoms with E-state index in [0.29, 0.717) is 12.2 Å². The second-order valence-corrected chi connectivity index (χ2v) is 5.68. The zero-order valence-corrected chi connectivity index (χ0v) is 12.7. The highest BCUT2D eigenvalue weighted by Gasteiger charge is 2.20. The summed E-state index contributed by atoms with van der Waals surface area (Å²) in [5, 5.41) is 17.8. The summed E-state index contributed by atoms with van der Waals surface area (Å²) in [6.07, 6.45) is 1.75. The van der Waals surface area contributed by atoms with E-state index in [4.69, 9.17) is 4.74 Å². The highest BCUT2D eigenvalue weighted by atomic mass is 79.9. The third kappa shape index (κ3) is 3.33. The van der Waals surface area contributed by atoms with Crippen molar-refractivity contribution >= 4 is 15.9 Å². The van der Waals surface area contributed by atoms with Crippen LogP contribution in [0.2, 0.25) is 0 Å². The van der Waals surface area contributed by atoms with Gasteiger partial charge >= 0.3 is 0 Å². The van der Waals surface area contributed by atoms with Gasteiger partial charge in [-0.25, -0.2) is 4.68 Å². The molecular weight excluding hydrogens is 310 g/mol. The topological polar surface area (TPSA) is 60.2 Å². The van der Waals surface area contributed by atoms with Crippen molar-refractivity contribution in [3.8, 4) is 5.75 Å². The van der Waals surface area contributed by atoms with Crippen molar-refractivity contribution < 1.29 is 9.84 Å². The van der Waals surface area contributed by atoms with Crippen LogP contribution in [0.5, 0.6) is 5.75 Å². The largest absolute Gasteiger partial charge is 0.496 e. The number of aliphatic hydroxyl groups is 1. The first kappa shape index (κ1) is 14.0. The van der Waals surface area contributed by atoms with Crippen LogP contribution in [0.25, 0.3) is 0 Å². The predicted molar refractivity (Wildman–Crippen MR) is 75.1 cm³/mol. The van der Waals surface area contributed by atoms with Gasteiger partial charge in [0.15, 0.2) is 0 Å². The van der Waals surface area contributed by atoms with E-state index >= 15 is 0 Å². The van der Waals surface area contributed by atoms with E-state index in [1.54, 1.807) is 31.8 Å². The molecule has 6 heteroatoms. The summed E-state index contributed by atoms with van der Waals surface area (Å²) in [4.78, 5) is 0. The summed E-state index contributed by atoms with van der Waals surface area (Å²) in [5.74, 6) is 0.791. The van der Waals surface area contributed by atoms with Crippen LogP contribution in [0.4, 0.5) is 0 Å². The monoisotopic (exact) mass is 325 g/mol. The minimum atomic E-state index is -0.973. The molecule has 0 aliphatic rings. The molecule has 1 aromatic heterocycles. The van der Waals surface area contributed by atoms with Gasteiger partial charge in [0.2, 0.25) is 0 Å². The Morgan fingerprint density at radius 2 is 2.16 bits per heavy atom. The van der Waals surface area contributed by atoms with E-state index in [1.165, 1.54) is 0 Å². The fourth-order valence-corrected chi connectivity index (χ4v) is 2.24. The molecule has 1 aromatic carbocycles. The fraction of sp³-hybridized carbons (Fsp3) is 0.385. The van der Waals surface area contributed by atoms with Gasteiger partial charge < -0.3 is 9.84 Å². The Morgan fingerprint density at radius 1 is 1.42 bits per heavy atom. The number of rotatable bonds is 4. The minimum Gasteiger partial charge on any atom is -0.496 e. The predicted octanol–water partition coefficient (Wildman–Crippen LogP) is 2.32. The fourth-order valence-electron chi connectivity index (χ4n) is 1.65. The van der Waals surface area contributed by atoms with E-state index in [1.807, 2.05) is 18.2 Å². The molecule has 0 saturated heterocycles. The number of hydrogen-bond acceptors (Lipinski definition) is 4. The molecule has 0 aliphatic heterocycles. The van der Waals surface area contributed by atoms with Crippen LogP contribution in [0.3, 0.4) is 0 Å². The van der Waals surface area contributed by atoms with Gasteiger partial charge in [-0.3, -0.25) is 0 Å². The van der Waals surface area contributed by atoms with Crippen LogP contribution in [-0.4, -0.2) is 27.2 Å². The first-order chi connectivity index (χ1) is 8.90. The molecule has 19 heavy (non-hydrogen) atoms. The first-order valence-corrected chi connectivity index (χ1v) is 6.65. The van der Waals surface area contributed by atoms with E-state index in [0.717, 1.165) is 15.8 Å². The number of benzene rings is 1. The molecule has 0 fully saturated rings. The number of nitrogens with zero attached hydrogens (tertiary/aromatic N) is 3. The molecule has 0 bridgehead atoms. The number of methoxy groups -OCH3 is 1. The van der Waals surface area contributed by atoms with Crippen molar-refractivity contribution in [2.45, 2.75) is 26.0 Å². The molecule has 2 rings (SSSR count). The SMILES string of the molecule is COc1ccc(Cn2cc(C(C)(C)O)nn2)cc1Br. The third-order valence-electron chi connectivity index (χ3n) is 2.73. The summed E-state index contributed by atoms with van der Waals surface area (Å²) in [6.45, 7) is 3.96. The average molecular weight is 326 g/mol. The second-order valence-electron chi connectivity index (χ2n) is 4.83. The lowest BCUT2D eigenvalue weighted by atomic mass is 10.1. The Bertz CT molecular complexity index is 576. The Kier molecular flexibility index (Phi) is 3.91. The lowest BCUT2D eigenvalue weighted by Gasteiger charge is -2.11. The highest BCUT2D eigenvalue weighted by molar-refractivity contribution is 9.10. The van der Waals surface area contributed by atoms with Crippen molar-refractivity contribution in [2.75, 3.05) is 7.11 Å². The molecule has 1 heterocycles. The van der Waals surface area contributed by atoms with E-state index in [2.05, 4.69) is 26.2 Å². The van der Waals surface area contributed by atoms with Gasteiger partial charge in [0, 0.05) is 0 Å². The standard InChI is InChI=1S/C13H16BrN3O2/c1-13(2,18)12-8-17(16-15-12)7-9-4-5-11(19-3)10(14)6-9/h4-6,8,18H,7H2,1-3H3. The average Bonchev–Trinajstić information content (AvgIpc) is 2.77. The van der Waals surface area contributed by atoms with E-state index in [-0.39, 0.29) is 0 Å². The number of halogens is 1. The Balaban J connectivity index is 2.17. The summed E-state index contributed by atoms with van der Waals surface area (Å²) >= 11 is 3.45. The van der Waals surface area contributed by atoms with Gasteiger partial charge in [0.25, 0.3) is 0 Å². The van der Waals surface area contributed by atoms with Gasteiger partial charge in [-0.05, 0) is 47.5 Å². The summed E-state index contributed by atoms with van der Waals surface area (Å²) in [5.41, 5.74) is 0.651. The van der Waals surface area contributed by atoms with Gasteiger partial charge in [-0.1, -0.05) is 11.3 Å². The first-order valence-electron chi connectivity index (χ1n) is 5.85. The van der Waals surface area contributed by atoms with Crippen molar-refractivity contribution in [2.24, 2.45) is 0 Å². The number of ether oxygens (including phenoxy) is 1. The maximum Gasteiger partial charge on any atom is 0.133 e. The zero-order valence-electron chi connectivity index (χ0n) is 11.1. The Morgan fingerprint density at radius 3 is 2.68 bits per heavy atom. The number of aromatic nitrogens is 3. The molecule has 0 atom stereocenters. The molecule has 0 amide bonds. The van der Waals surface area contributed by atoms with Crippen LogP contribution in [-0.2, 0) is 12.1 Å². The number of hydrogen-bond donors (Lipinski definition) is 1. The molecule has 0 radical (unpaired) electrons. The summed E-state index contributed by atoms with van der Waals surface area (Å²) in [6, 6.07) is 5.84. The Labute approximate surface area is 120 Å². The van der Waals surface area contributed by atoms with Crippen LogP contribution in [0.15, 0.2) is 28.9 Å². The zero-order chi connectivity index (χ0) is 14.0. The maximum atomic E-state index is 9.84. The summed E-state index contributed by atoms with van der Waals surface area (Å²) in [7, 11) is 1.63. The van der Waals surface area contributed by atoms with Crippen LogP contribution < -0.4 is 4.74 Å². The third-order valence-corrected chi connectivity index (χ3v) is 3.35. The quantitative estimate of drug-likeness (QED) is 0.937. The van der Waals surface area contributed by atoms with Crippen LogP contribution in [0, 0.1) is 0 Å². The molecule has 5 nitrogen and oxygen atoms in total. The van der Waals surface area contributed by atoms with Gasteiger partial charge in [0.05, 0.1) is 24.3 Å². The van der Waals surface area contributed by atoms with Crippen molar-refractivity contribution in [3.05, 3.63) is 40.1 Å². The molecule has 102 valence electrons. The van der Waals surface area contributed by atoms with Crippen molar-refractivity contribution in [1.29, 1.82) is 0 Å². The van der Waals surface area contributed by atoms with E-state index in [9.17, 15) is 5.11 Å². The normalized spacial score (nSPS) is 11.6. The molecule has 0 unspecified atom stereocenters.